The highest BCUT2D eigenvalue weighted by Crippen LogP contribution is 2.20. The van der Waals surface area contributed by atoms with Crippen LogP contribution in [0, 0.1) is 0 Å². The van der Waals surface area contributed by atoms with E-state index in [1.165, 1.54) is 0 Å². The lowest BCUT2D eigenvalue weighted by Gasteiger charge is -2.11. The van der Waals surface area contributed by atoms with Gasteiger partial charge >= 0.3 is 12.0 Å². The molecule has 2 atom stereocenters. The van der Waals surface area contributed by atoms with Crippen molar-refractivity contribution in [3.05, 3.63) is 29.8 Å². The van der Waals surface area contributed by atoms with Crippen LogP contribution in [0.25, 0.3) is 0 Å². The van der Waals surface area contributed by atoms with E-state index in [9.17, 15) is 13.8 Å². The topological polar surface area (TPSA) is 95.5 Å². The number of aliphatic carboxylic acids is 1. The lowest BCUT2D eigenvalue weighted by molar-refractivity contribution is -0.137. The van der Waals surface area contributed by atoms with Crippen molar-refractivity contribution in [2.45, 2.75) is 19.3 Å². The van der Waals surface area contributed by atoms with Gasteiger partial charge in [-0.15, -0.1) is 0 Å². The summed E-state index contributed by atoms with van der Waals surface area (Å²) >= 11 is 0. The monoisotopic (exact) mass is 312 g/mol. The number of urea groups is 1. The lowest BCUT2D eigenvalue weighted by Crippen LogP contribution is -2.31. The van der Waals surface area contributed by atoms with Crippen molar-refractivity contribution < 1.29 is 18.9 Å². The number of hydrogen-bond donors (Lipinski definition) is 3. The van der Waals surface area contributed by atoms with Gasteiger partial charge in [0.25, 0.3) is 0 Å². The van der Waals surface area contributed by atoms with Gasteiger partial charge in [-0.2, -0.15) is 0 Å². The number of rotatable bonds is 7. The van der Waals surface area contributed by atoms with E-state index in [2.05, 4.69) is 10.6 Å². The number of anilines is 1. The van der Waals surface area contributed by atoms with Crippen LogP contribution in [0.4, 0.5) is 10.5 Å². The predicted octanol–water partition coefficient (Wildman–Crippen LogP) is 1.76. The van der Waals surface area contributed by atoms with E-state index in [1.807, 2.05) is 6.92 Å². The van der Waals surface area contributed by atoms with Crippen LogP contribution in [0.5, 0.6) is 0 Å². The van der Waals surface area contributed by atoms with E-state index in [0.717, 1.165) is 5.56 Å². The molecule has 116 valence electrons. The molecule has 0 spiro atoms. The first-order valence-corrected chi connectivity index (χ1v) is 8.28. The average Bonchev–Trinajstić information content (AvgIpc) is 2.38. The fourth-order valence-corrected chi connectivity index (χ4v) is 2.15. The summed E-state index contributed by atoms with van der Waals surface area (Å²) in [5.41, 5.74) is 1.53. The number of carbonyl (C=O) groups is 2. The van der Waals surface area contributed by atoms with Crippen LogP contribution in [0.1, 0.15) is 24.8 Å². The molecule has 7 heteroatoms. The summed E-state index contributed by atoms with van der Waals surface area (Å²) in [5.74, 6) is -0.499. The first-order chi connectivity index (χ1) is 9.88. The van der Waals surface area contributed by atoms with Crippen molar-refractivity contribution in [1.29, 1.82) is 0 Å². The van der Waals surface area contributed by atoms with Crippen molar-refractivity contribution in [3.8, 4) is 0 Å². The summed E-state index contributed by atoms with van der Waals surface area (Å²) in [6, 6.07) is 6.69. The number of carboxylic acid groups (broad SMARTS) is 1. The standard InChI is InChI=1S/C14H20N2O4S/c1-10(9-13(17)18)11-3-5-12(6-4-11)16-14(19)15-7-8-21(2)20/h3-6,10H,7-9H2,1-2H3,(H,17,18)(H2,15,16,19). The molecule has 0 aliphatic carbocycles. The largest absolute Gasteiger partial charge is 0.481 e. The van der Waals surface area contributed by atoms with Crippen LogP contribution in [-0.4, -0.2) is 39.9 Å². The Labute approximate surface area is 126 Å². The minimum Gasteiger partial charge on any atom is -0.481 e. The molecule has 0 saturated heterocycles. The molecule has 3 N–H and O–H groups in total. The molecule has 0 radical (unpaired) electrons. The molecule has 1 rings (SSSR count). The third-order valence-corrected chi connectivity index (χ3v) is 3.67. The van der Waals surface area contributed by atoms with Gasteiger partial charge < -0.3 is 15.7 Å². The second-order valence-electron chi connectivity index (χ2n) is 4.78. The number of hydrogen-bond acceptors (Lipinski definition) is 3. The number of amides is 2. The normalized spacial score (nSPS) is 13.2. The first kappa shape index (κ1) is 17.2. The quantitative estimate of drug-likeness (QED) is 0.715. The molecule has 6 nitrogen and oxygen atoms in total. The number of carbonyl (C=O) groups excluding carboxylic acids is 1. The van der Waals surface area contributed by atoms with Crippen LogP contribution >= 0.6 is 0 Å². The highest BCUT2D eigenvalue weighted by molar-refractivity contribution is 7.84. The molecule has 0 heterocycles. The van der Waals surface area contributed by atoms with Crippen molar-refractivity contribution in [3.63, 3.8) is 0 Å². The molecule has 2 unspecified atom stereocenters. The number of nitrogens with one attached hydrogen (secondary N) is 2. The third kappa shape index (κ3) is 6.89. The van der Waals surface area contributed by atoms with Gasteiger partial charge in [0.15, 0.2) is 0 Å². The molecule has 2 amide bonds. The van der Waals surface area contributed by atoms with Gasteiger partial charge in [0.1, 0.15) is 0 Å². The van der Waals surface area contributed by atoms with Gasteiger partial charge in [0.2, 0.25) is 0 Å². The molecular weight excluding hydrogens is 292 g/mol. The SMILES string of the molecule is CC(CC(=O)O)c1ccc(NC(=O)NCCS(C)=O)cc1. The minimum atomic E-state index is -0.932. The summed E-state index contributed by atoms with van der Waals surface area (Å²) in [6.07, 6.45) is 1.65. The molecule has 0 fully saturated rings. The Morgan fingerprint density at radius 3 is 2.43 bits per heavy atom. The molecule has 0 aromatic heterocycles. The Kier molecular flexibility index (Phi) is 6.87. The molecule has 1 aromatic rings. The Bertz CT molecular complexity index is 516. The fourth-order valence-electron chi connectivity index (χ4n) is 1.76. The zero-order valence-electron chi connectivity index (χ0n) is 12.1. The molecule has 0 aliphatic heterocycles. The minimum absolute atomic E-state index is 0.0709. The third-order valence-electron chi connectivity index (χ3n) is 2.89. The van der Waals surface area contributed by atoms with Gasteiger partial charge in [0.05, 0.1) is 6.42 Å². The molecule has 0 aliphatic rings. The Balaban J connectivity index is 2.48. The summed E-state index contributed by atoms with van der Waals surface area (Å²) in [4.78, 5) is 22.2. The zero-order valence-corrected chi connectivity index (χ0v) is 12.9. The molecule has 21 heavy (non-hydrogen) atoms. The van der Waals surface area contributed by atoms with Crippen LogP contribution in [-0.2, 0) is 15.6 Å². The number of carboxylic acids is 1. The van der Waals surface area contributed by atoms with E-state index < -0.39 is 16.8 Å². The van der Waals surface area contributed by atoms with E-state index in [-0.39, 0.29) is 18.4 Å². The van der Waals surface area contributed by atoms with Crippen LogP contribution in [0.3, 0.4) is 0 Å². The van der Waals surface area contributed by atoms with Crippen LogP contribution in [0.2, 0.25) is 0 Å². The Hall–Kier alpha value is -1.89. The second-order valence-corrected chi connectivity index (χ2v) is 6.33. The highest BCUT2D eigenvalue weighted by atomic mass is 32.2. The lowest BCUT2D eigenvalue weighted by atomic mass is 9.98. The smallest absolute Gasteiger partial charge is 0.319 e. The van der Waals surface area contributed by atoms with Crippen molar-refractivity contribution in [1.82, 2.24) is 5.32 Å². The Morgan fingerprint density at radius 2 is 1.90 bits per heavy atom. The predicted molar refractivity (Wildman–Crippen MR) is 83.1 cm³/mol. The molecular formula is C14H20N2O4S. The van der Waals surface area contributed by atoms with Gasteiger partial charge in [0, 0.05) is 35.0 Å². The second kappa shape index (κ2) is 8.41. The van der Waals surface area contributed by atoms with Gasteiger partial charge in [-0.05, 0) is 23.6 Å². The van der Waals surface area contributed by atoms with E-state index in [4.69, 9.17) is 5.11 Å². The first-order valence-electron chi connectivity index (χ1n) is 6.55. The maximum absolute atomic E-state index is 11.6. The van der Waals surface area contributed by atoms with Gasteiger partial charge in [-0.1, -0.05) is 19.1 Å². The highest BCUT2D eigenvalue weighted by Gasteiger charge is 2.10. The van der Waals surface area contributed by atoms with Crippen molar-refractivity contribution in [2.24, 2.45) is 0 Å². The zero-order chi connectivity index (χ0) is 15.8. The summed E-state index contributed by atoms with van der Waals surface area (Å²) < 4.78 is 10.9. The van der Waals surface area contributed by atoms with Gasteiger partial charge in [-0.25, -0.2) is 4.79 Å². The van der Waals surface area contributed by atoms with Crippen LogP contribution < -0.4 is 10.6 Å². The summed E-state index contributed by atoms with van der Waals surface area (Å²) in [7, 11) is -0.932. The van der Waals surface area contributed by atoms with E-state index in [1.54, 1.807) is 30.5 Å². The Morgan fingerprint density at radius 1 is 1.29 bits per heavy atom. The van der Waals surface area contributed by atoms with Crippen molar-refractivity contribution in [2.75, 3.05) is 23.9 Å². The van der Waals surface area contributed by atoms with Gasteiger partial charge in [-0.3, -0.25) is 9.00 Å². The fraction of sp³-hybridized carbons (Fsp3) is 0.429. The summed E-state index contributed by atoms with van der Waals surface area (Å²) in [5, 5.41) is 14.0. The molecule has 0 bridgehead atoms. The van der Waals surface area contributed by atoms with E-state index in [0.29, 0.717) is 18.0 Å². The average molecular weight is 312 g/mol. The maximum atomic E-state index is 11.6. The molecule has 0 saturated carbocycles. The van der Waals surface area contributed by atoms with Crippen LogP contribution in [0.15, 0.2) is 24.3 Å². The maximum Gasteiger partial charge on any atom is 0.319 e. The number of benzene rings is 1. The molecule has 1 aromatic carbocycles. The van der Waals surface area contributed by atoms with Crippen molar-refractivity contribution >= 4 is 28.5 Å². The van der Waals surface area contributed by atoms with E-state index >= 15 is 0 Å². The summed E-state index contributed by atoms with van der Waals surface area (Å²) in [6.45, 7) is 2.19.